The van der Waals surface area contributed by atoms with E-state index in [9.17, 15) is 24.3 Å². The van der Waals surface area contributed by atoms with Gasteiger partial charge in [0.15, 0.2) is 6.04 Å². The number of benzene rings is 1. The van der Waals surface area contributed by atoms with Crippen molar-refractivity contribution in [2.45, 2.75) is 76.9 Å². The van der Waals surface area contributed by atoms with E-state index < -0.39 is 30.1 Å². The Hall–Kier alpha value is -3.24. The maximum atomic E-state index is 13.3. The number of nitrogens with one attached hydrogen (secondary N) is 2. The Balaban J connectivity index is 1.48. The van der Waals surface area contributed by atoms with Gasteiger partial charge in [0.05, 0.1) is 6.04 Å². The molecule has 0 bridgehead atoms. The molecular formula is C26H33N3O7. The molecule has 5 atom stereocenters. The van der Waals surface area contributed by atoms with Crippen LogP contribution in [0.25, 0.3) is 0 Å². The highest BCUT2D eigenvalue weighted by Crippen LogP contribution is 2.31. The van der Waals surface area contributed by atoms with Gasteiger partial charge in [0.1, 0.15) is 5.75 Å². The standard InChI is InChI=1S/C26H33N3O7/c1-4-35-26-21(22(31)25(34)36-26)28-24(33)19-9-8-18-11-14(2)5-7-17(13-29(18)19)27-23(32)16-6-10-20(30)15(3)12-16/h5-6,10,12,17-19,21,26,30H,4,7-9,11,13H2,1-3H3,(H,27,32)(H,28,33)/t17-,18-,19-,21?,26?/m0/s1. The molecule has 4 rings (SSSR count). The van der Waals surface area contributed by atoms with Crippen LogP contribution in [0.2, 0.25) is 0 Å². The lowest BCUT2D eigenvalue weighted by Crippen LogP contribution is -2.55. The number of esters is 1. The number of hydrogen-bond acceptors (Lipinski definition) is 8. The molecule has 3 heterocycles. The first-order valence-corrected chi connectivity index (χ1v) is 12.4. The summed E-state index contributed by atoms with van der Waals surface area (Å²) in [5, 5.41) is 15.5. The fraction of sp³-hybridized carbons (Fsp3) is 0.538. The average Bonchev–Trinajstić information content (AvgIpc) is 3.33. The molecule has 0 aliphatic carbocycles. The Morgan fingerprint density at radius 1 is 1.19 bits per heavy atom. The molecule has 36 heavy (non-hydrogen) atoms. The number of nitrogens with zero attached hydrogens (tertiary/aromatic N) is 1. The molecule has 3 aliphatic rings. The van der Waals surface area contributed by atoms with Crippen LogP contribution < -0.4 is 10.6 Å². The molecule has 3 N–H and O–H groups in total. The SMILES string of the molecule is CCOC1OC(=O)C(=O)C1NC(=O)[C@@H]1CC[C@H]2CC(C)=CC[C@H](NC(=O)c3ccc(O)c(C)c3)CN21. The lowest BCUT2D eigenvalue weighted by molar-refractivity contribution is -0.165. The van der Waals surface area contributed by atoms with Gasteiger partial charge in [-0.1, -0.05) is 11.6 Å². The number of carbonyl (C=O) groups excluding carboxylic acids is 4. The Kier molecular flexibility index (Phi) is 7.75. The van der Waals surface area contributed by atoms with E-state index in [-0.39, 0.29) is 36.3 Å². The van der Waals surface area contributed by atoms with Crippen molar-refractivity contribution in [2.75, 3.05) is 13.2 Å². The Labute approximate surface area is 210 Å². The van der Waals surface area contributed by atoms with Crippen LogP contribution >= 0.6 is 0 Å². The van der Waals surface area contributed by atoms with E-state index in [1.165, 1.54) is 11.6 Å². The monoisotopic (exact) mass is 499 g/mol. The topological polar surface area (TPSA) is 134 Å². The molecule has 2 saturated heterocycles. The fourth-order valence-corrected chi connectivity index (χ4v) is 5.17. The molecule has 0 saturated carbocycles. The van der Waals surface area contributed by atoms with Gasteiger partial charge in [-0.15, -0.1) is 0 Å². The number of Topliss-reactive ketones (excluding diaryl/α,β-unsaturated/α-hetero) is 1. The summed E-state index contributed by atoms with van der Waals surface area (Å²) in [4.78, 5) is 52.4. The molecule has 194 valence electrons. The molecule has 0 aromatic heterocycles. The second-order valence-electron chi connectivity index (χ2n) is 9.69. The van der Waals surface area contributed by atoms with Crippen molar-refractivity contribution in [3.05, 3.63) is 41.0 Å². The van der Waals surface area contributed by atoms with Gasteiger partial charge >= 0.3 is 5.97 Å². The normalized spacial score (nSPS) is 28.5. The van der Waals surface area contributed by atoms with Crippen molar-refractivity contribution in [2.24, 2.45) is 0 Å². The van der Waals surface area contributed by atoms with Gasteiger partial charge in [0, 0.05) is 30.8 Å². The first kappa shape index (κ1) is 25.8. The summed E-state index contributed by atoms with van der Waals surface area (Å²) in [6.45, 7) is 6.17. The van der Waals surface area contributed by atoms with E-state index in [1.807, 2.05) is 6.92 Å². The summed E-state index contributed by atoms with van der Waals surface area (Å²) in [6.07, 6.45) is 3.81. The number of fused-ring (bicyclic) bond motifs is 1. The minimum atomic E-state index is -1.17. The van der Waals surface area contributed by atoms with E-state index in [0.29, 0.717) is 30.5 Å². The number of aryl methyl sites for hydroxylation is 1. The number of hydrogen-bond donors (Lipinski definition) is 3. The van der Waals surface area contributed by atoms with Crippen LogP contribution in [0, 0.1) is 6.92 Å². The smallest absolute Gasteiger partial charge is 0.379 e. The van der Waals surface area contributed by atoms with Gasteiger partial charge in [-0.05, 0) is 70.2 Å². The maximum Gasteiger partial charge on any atom is 0.379 e. The number of amides is 2. The number of ketones is 1. The summed E-state index contributed by atoms with van der Waals surface area (Å²) < 4.78 is 10.3. The largest absolute Gasteiger partial charge is 0.508 e. The van der Waals surface area contributed by atoms with Crippen molar-refractivity contribution < 1.29 is 33.8 Å². The second-order valence-corrected chi connectivity index (χ2v) is 9.69. The van der Waals surface area contributed by atoms with Gasteiger partial charge in [-0.25, -0.2) is 4.79 Å². The summed E-state index contributed by atoms with van der Waals surface area (Å²) >= 11 is 0. The average molecular weight is 500 g/mol. The number of cyclic esters (lactones) is 1. The van der Waals surface area contributed by atoms with E-state index in [1.54, 1.807) is 26.0 Å². The van der Waals surface area contributed by atoms with E-state index in [0.717, 1.165) is 12.8 Å². The van der Waals surface area contributed by atoms with Crippen LogP contribution in [0.3, 0.4) is 0 Å². The lowest BCUT2D eigenvalue weighted by Gasteiger charge is -2.35. The van der Waals surface area contributed by atoms with Gasteiger partial charge < -0.3 is 25.2 Å². The molecule has 10 heteroatoms. The lowest BCUT2D eigenvalue weighted by atomic mass is 9.99. The molecule has 2 fully saturated rings. The molecule has 1 aromatic carbocycles. The first-order chi connectivity index (χ1) is 17.2. The highest BCUT2D eigenvalue weighted by atomic mass is 16.7. The molecular weight excluding hydrogens is 466 g/mol. The van der Waals surface area contributed by atoms with E-state index in [2.05, 4.69) is 21.6 Å². The minimum Gasteiger partial charge on any atom is -0.508 e. The molecule has 10 nitrogen and oxygen atoms in total. The van der Waals surface area contributed by atoms with Crippen LogP contribution in [0.4, 0.5) is 0 Å². The van der Waals surface area contributed by atoms with Gasteiger partial charge in [0.25, 0.3) is 11.7 Å². The molecule has 2 unspecified atom stereocenters. The summed E-state index contributed by atoms with van der Waals surface area (Å²) in [7, 11) is 0. The third-order valence-corrected chi connectivity index (χ3v) is 7.09. The number of phenolic OH excluding ortho intramolecular Hbond substituents is 1. The Bertz CT molecular complexity index is 1090. The number of ether oxygens (including phenoxy) is 2. The zero-order valence-corrected chi connectivity index (χ0v) is 20.8. The maximum absolute atomic E-state index is 13.3. The third-order valence-electron chi connectivity index (χ3n) is 7.09. The quantitative estimate of drug-likeness (QED) is 0.303. The summed E-state index contributed by atoms with van der Waals surface area (Å²) in [6, 6.07) is 2.90. The van der Waals surface area contributed by atoms with Crippen LogP contribution in [0.5, 0.6) is 5.75 Å². The third kappa shape index (κ3) is 5.44. The van der Waals surface area contributed by atoms with Crippen LogP contribution in [-0.2, 0) is 23.9 Å². The van der Waals surface area contributed by atoms with Crippen LogP contribution in [-0.4, -0.2) is 77.2 Å². The summed E-state index contributed by atoms with van der Waals surface area (Å²) in [5.41, 5.74) is 2.25. The zero-order valence-electron chi connectivity index (χ0n) is 20.8. The number of carbonyl (C=O) groups is 4. The molecule has 2 amide bonds. The highest BCUT2D eigenvalue weighted by molar-refractivity contribution is 6.38. The molecule has 0 spiro atoms. The van der Waals surface area contributed by atoms with Gasteiger partial charge in [-0.2, -0.15) is 0 Å². The molecule has 3 aliphatic heterocycles. The predicted molar refractivity (Wildman–Crippen MR) is 129 cm³/mol. The molecule has 0 radical (unpaired) electrons. The van der Waals surface area contributed by atoms with Gasteiger partial charge in [-0.3, -0.25) is 19.3 Å². The Morgan fingerprint density at radius 2 is 1.97 bits per heavy atom. The van der Waals surface area contributed by atoms with Crippen LogP contribution in [0.1, 0.15) is 55.5 Å². The van der Waals surface area contributed by atoms with Crippen molar-refractivity contribution in [3.8, 4) is 5.75 Å². The number of phenols is 1. The van der Waals surface area contributed by atoms with Crippen molar-refractivity contribution in [3.63, 3.8) is 0 Å². The first-order valence-electron chi connectivity index (χ1n) is 12.4. The van der Waals surface area contributed by atoms with Crippen molar-refractivity contribution in [1.82, 2.24) is 15.5 Å². The number of rotatable bonds is 6. The zero-order chi connectivity index (χ0) is 26.0. The molecule has 1 aromatic rings. The minimum absolute atomic E-state index is 0.118. The van der Waals surface area contributed by atoms with Crippen molar-refractivity contribution >= 4 is 23.6 Å². The van der Waals surface area contributed by atoms with Crippen molar-refractivity contribution in [1.29, 1.82) is 0 Å². The Morgan fingerprint density at radius 3 is 2.69 bits per heavy atom. The second kappa shape index (κ2) is 10.8. The summed E-state index contributed by atoms with van der Waals surface area (Å²) in [5.74, 6) is -2.32. The van der Waals surface area contributed by atoms with E-state index in [4.69, 9.17) is 9.47 Å². The number of aromatic hydroxyl groups is 1. The highest BCUT2D eigenvalue weighted by Gasteiger charge is 2.47. The fourth-order valence-electron chi connectivity index (χ4n) is 5.17. The van der Waals surface area contributed by atoms with Gasteiger partial charge in [0.2, 0.25) is 12.2 Å². The van der Waals surface area contributed by atoms with E-state index >= 15 is 0 Å². The predicted octanol–water partition coefficient (Wildman–Crippen LogP) is 1.35. The van der Waals surface area contributed by atoms with Crippen LogP contribution in [0.15, 0.2) is 29.8 Å².